The third kappa shape index (κ3) is 4.49. The first-order valence-electron chi connectivity index (χ1n) is 11.8. The lowest BCUT2D eigenvalue weighted by Crippen LogP contribution is -2.62. The highest BCUT2D eigenvalue weighted by molar-refractivity contribution is 6.36. The topological polar surface area (TPSA) is 98.4 Å². The smallest absolute Gasteiger partial charge is 0.394 e. The van der Waals surface area contributed by atoms with Crippen LogP contribution in [-0.2, 0) is 11.0 Å². The van der Waals surface area contributed by atoms with Gasteiger partial charge >= 0.3 is 6.18 Å². The number of fused-ring (bicyclic) bond motifs is 1. The first-order chi connectivity index (χ1) is 16.6. The predicted molar refractivity (Wildman–Crippen MR) is 119 cm³/mol. The molecule has 2 amide bonds. The summed E-state index contributed by atoms with van der Waals surface area (Å²) in [6, 6.07) is 1.78. The van der Waals surface area contributed by atoms with Crippen molar-refractivity contribution in [1.29, 1.82) is 0 Å². The van der Waals surface area contributed by atoms with Gasteiger partial charge in [-0.25, -0.2) is 4.52 Å². The number of amides is 2. The molecule has 3 heterocycles. The number of alkyl halides is 3. The van der Waals surface area contributed by atoms with Crippen molar-refractivity contribution in [2.75, 3.05) is 19.7 Å². The van der Waals surface area contributed by atoms with Gasteiger partial charge in [-0.1, -0.05) is 11.6 Å². The minimum absolute atomic E-state index is 0.00354. The van der Waals surface area contributed by atoms with Crippen molar-refractivity contribution in [2.45, 2.75) is 68.8 Å². The second kappa shape index (κ2) is 8.94. The van der Waals surface area contributed by atoms with Gasteiger partial charge in [0, 0.05) is 12.6 Å². The van der Waals surface area contributed by atoms with Crippen molar-refractivity contribution in [1.82, 2.24) is 19.4 Å². The van der Waals surface area contributed by atoms with Gasteiger partial charge in [0.25, 0.3) is 5.91 Å². The average Bonchev–Trinajstić information content (AvgIpc) is 3.61. The molecule has 1 atom stereocenters. The molecule has 0 radical (unpaired) electrons. The number of rotatable bonds is 4. The number of aliphatic hydroxyl groups is 2. The highest BCUT2D eigenvalue weighted by Gasteiger charge is 2.42. The molecular formula is C23H26ClF3N4O4. The minimum atomic E-state index is -4.70. The SMILES string of the molecule is O=C(c1nn2c(C(F)(F)F)cc(C3CC3)cc2c1Cl)N1CC(=O)N(C2CCC(O)CC2)C(CO)C1. The largest absolute Gasteiger partial charge is 0.433 e. The average molecular weight is 515 g/mol. The molecule has 1 aliphatic heterocycles. The molecule has 5 rings (SSSR count). The Morgan fingerprint density at radius 1 is 1.14 bits per heavy atom. The van der Waals surface area contributed by atoms with Crippen LogP contribution in [0.5, 0.6) is 0 Å². The summed E-state index contributed by atoms with van der Waals surface area (Å²) in [6.07, 6.45) is -1.22. The van der Waals surface area contributed by atoms with Crippen molar-refractivity contribution in [3.05, 3.63) is 34.1 Å². The number of carbonyl (C=O) groups excluding carboxylic acids is 2. The molecule has 8 nitrogen and oxygen atoms in total. The first kappa shape index (κ1) is 24.3. The number of aliphatic hydroxyl groups excluding tert-OH is 2. The van der Waals surface area contributed by atoms with Crippen LogP contribution < -0.4 is 0 Å². The van der Waals surface area contributed by atoms with Gasteiger partial charge in [0.15, 0.2) is 5.69 Å². The van der Waals surface area contributed by atoms with Crippen molar-refractivity contribution in [3.8, 4) is 0 Å². The van der Waals surface area contributed by atoms with Crippen LogP contribution in [0, 0.1) is 0 Å². The summed E-state index contributed by atoms with van der Waals surface area (Å²) in [7, 11) is 0. The Morgan fingerprint density at radius 2 is 1.83 bits per heavy atom. The van der Waals surface area contributed by atoms with Gasteiger partial charge in [-0.15, -0.1) is 0 Å². The van der Waals surface area contributed by atoms with E-state index in [2.05, 4.69) is 5.10 Å². The van der Waals surface area contributed by atoms with E-state index in [1.54, 1.807) is 4.90 Å². The molecule has 1 saturated heterocycles. The lowest BCUT2D eigenvalue weighted by atomic mass is 9.90. The molecule has 2 aromatic heterocycles. The summed E-state index contributed by atoms with van der Waals surface area (Å²) >= 11 is 6.39. The van der Waals surface area contributed by atoms with Crippen LogP contribution in [0.25, 0.3) is 5.52 Å². The van der Waals surface area contributed by atoms with Gasteiger partial charge in [-0.2, -0.15) is 18.3 Å². The van der Waals surface area contributed by atoms with E-state index < -0.39 is 29.9 Å². The first-order valence-corrected chi connectivity index (χ1v) is 12.1. The molecule has 3 aliphatic rings. The zero-order chi connectivity index (χ0) is 25.1. The fourth-order valence-electron chi connectivity index (χ4n) is 5.27. The second-order valence-corrected chi connectivity index (χ2v) is 10.1. The van der Waals surface area contributed by atoms with E-state index in [9.17, 15) is 33.0 Å². The molecule has 0 aromatic carbocycles. The van der Waals surface area contributed by atoms with Crippen LogP contribution in [-0.4, -0.2) is 79.3 Å². The molecule has 0 spiro atoms. The van der Waals surface area contributed by atoms with E-state index in [1.165, 1.54) is 11.0 Å². The molecule has 2 aliphatic carbocycles. The van der Waals surface area contributed by atoms with Crippen molar-refractivity contribution >= 4 is 28.9 Å². The fourth-order valence-corrected chi connectivity index (χ4v) is 5.53. The summed E-state index contributed by atoms with van der Waals surface area (Å²) in [4.78, 5) is 29.1. The van der Waals surface area contributed by atoms with E-state index in [-0.39, 0.29) is 53.8 Å². The van der Waals surface area contributed by atoms with E-state index in [1.807, 2.05) is 0 Å². The monoisotopic (exact) mass is 514 g/mol. The third-order valence-corrected chi connectivity index (χ3v) is 7.61. The number of aromatic nitrogens is 2. The lowest BCUT2D eigenvalue weighted by Gasteiger charge is -2.45. The number of halogens is 4. The maximum absolute atomic E-state index is 13.8. The number of piperazine rings is 1. The number of carbonyl (C=O) groups is 2. The molecule has 3 fully saturated rings. The highest BCUT2D eigenvalue weighted by Crippen LogP contribution is 2.43. The van der Waals surface area contributed by atoms with Crippen molar-refractivity contribution in [3.63, 3.8) is 0 Å². The Kier molecular flexibility index (Phi) is 6.21. The molecular weight excluding hydrogens is 489 g/mol. The molecule has 2 N–H and O–H groups in total. The van der Waals surface area contributed by atoms with Crippen LogP contribution in [0.1, 0.15) is 66.2 Å². The predicted octanol–water partition coefficient (Wildman–Crippen LogP) is 2.83. The lowest BCUT2D eigenvalue weighted by molar-refractivity contribution is -0.145. The van der Waals surface area contributed by atoms with Gasteiger partial charge < -0.3 is 20.0 Å². The van der Waals surface area contributed by atoms with Crippen LogP contribution in [0.3, 0.4) is 0 Å². The van der Waals surface area contributed by atoms with Crippen LogP contribution in [0.4, 0.5) is 13.2 Å². The number of hydrogen-bond donors (Lipinski definition) is 2. The van der Waals surface area contributed by atoms with Crippen molar-refractivity contribution < 1.29 is 33.0 Å². The summed E-state index contributed by atoms with van der Waals surface area (Å²) < 4.78 is 42.0. The normalized spacial score (nSPS) is 26.0. The van der Waals surface area contributed by atoms with Gasteiger partial charge in [-0.05, 0) is 62.1 Å². The Labute approximate surface area is 204 Å². The Morgan fingerprint density at radius 3 is 2.43 bits per heavy atom. The van der Waals surface area contributed by atoms with Gasteiger partial charge in [-0.3, -0.25) is 9.59 Å². The van der Waals surface area contributed by atoms with E-state index >= 15 is 0 Å². The zero-order valence-corrected chi connectivity index (χ0v) is 19.6. The maximum Gasteiger partial charge on any atom is 0.433 e. The fraction of sp³-hybridized carbons (Fsp3) is 0.609. The van der Waals surface area contributed by atoms with Gasteiger partial charge in [0.1, 0.15) is 12.2 Å². The Hall–Kier alpha value is -2.37. The quantitative estimate of drug-likeness (QED) is 0.654. The standard InChI is InChI=1S/C23H26ClF3N4O4/c24-20-17-7-13(12-1-2-12)8-18(23(25,26)27)31(17)28-21(20)22(35)29-9-15(11-32)30(19(34)10-29)14-3-5-16(33)6-4-14/h7-8,12,14-16,32-33H,1-6,9-11H2. The summed E-state index contributed by atoms with van der Waals surface area (Å²) in [5.41, 5.74) is -0.862. The molecule has 1 unspecified atom stereocenters. The van der Waals surface area contributed by atoms with Gasteiger partial charge in [0.05, 0.1) is 29.3 Å². The van der Waals surface area contributed by atoms with Crippen LogP contribution in [0.2, 0.25) is 5.02 Å². The molecule has 190 valence electrons. The number of pyridine rings is 1. The Bertz CT molecular complexity index is 1160. The summed E-state index contributed by atoms with van der Waals surface area (Å²) in [5.74, 6) is -1.09. The number of nitrogens with zero attached hydrogens (tertiary/aromatic N) is 4. The molecule has 0 bridgehead atoms. The van der Waals surface area contributed by atoms with E-state index in [4.69, 9.17) is 11.6 Å². The van der Waals surface area contributed by atoms with E-state index in [0.717, 1.165) is 18.9 Å². The molecule has 2 aromatic rings. The summed E-state index contributed by atoms with van der Waals surface area (Å²) in [6.45, 7) is -0.668. The van der Waals surface area contributed by atoms with Crippen LogP contribution >= 0.6 is 11.6 Å². The second-order valence-electron chi connectivity index (χ2n) is 9.69. The summed E-state index contributed by atoms with van der Waals surface area (Å²) in [5, 5.41) is 23.5. The highest BCUT2D eigenvalue weighted by atomic mass is 35.5. The minimum Gasteiger partial charge on any atom is -0.394 e. The third-order valence-electron chi connectivity index (χ3n) is 7.23. The Balaban J connectivity index is 1.44. The van der Waals surface area contributed by atoms with Gasteiger partial charge in [0.2, 0.25) is 5.91 Å². The zero-order valence-electron chi connectivity index (χ0n) is 18.8. The number of hydrogen-bond acceptors (Lipinski definition) is 5. The maximum atomic E-state index is 13.8. The molecule has 35 heavy (non-hydrogen) atoms. The molecule has 12 heteroatoms. The van der Waals surface area contributed by atoms with Crippen LogP contribution in [0.15, 0.2) is 12.1 Å². The van der Waals surface area contributed by atoms with Crippen molar-refractivity contribution in [2.24, 2.45) is 0 Å². The molecule has 2 saturated carbocycles. The van der Waals surface area contributed by atoms with E-state index in [0.29, 0.717) is 35.8 Å².